The molecule has 1 aromatic heterocycles. The van der Waals surface area contributed by atoms with Gasteiger partial charge >= 0.3 is 0 Å². The Morgan fingerprint density at radius 1 is 1.17 bits per heavy atom. The smallest absolute Gasteiger partial charge is 0.232 e. The number of hydrogen-bond donors (Lipinski definition) is 2. The van der Waals surface area contributed by atoms with Crippen molar-refractivity contribution in [2.45, 2.75) is 0 Å². The first kappa shape index (κ1) is 11.9. The maximum atomic E-state index is 5.48. The quantitative estimate of drug-likeness (QED) is 0.838. The second kappa shape index (κ2) is 5.17. The van der Waals surface area contributed by atoms with Gasteiger partial charge in [-0.25, -0.2) is 9.97 Å². The lowest BCUT2D eigenvalue weighted by atomic mass is 10.2. The van der Waals surface area contributed by atoms with Gasteiger partial charge in [0.2, 0.25) is 11.9 Å². The number of ether oxygens (including phenoxy) is 2. The molecule has 0 aliphatic heterocycles. The maximum absolute atomic E-state index is 5.48. The minimum absolute atomic E-state index is 0.148. The van der Waals surface area contributed by atoms with Crippen molar-refractivity contribution in [1.82, 2.24) is 15.0 Å². The Morgan fingerprint density at radius 2 is 2.00 bits per heavy atom. The van der Waals surface area contributed by atoms with E-state index in [1.807, 2.05) is 0 Å². The Kier molecular flexibility index (Phi) is 3.42. The Labute approximate surface area is 104 Å². The van der Waals surface area contributed by atoms with E-state index in [0.717, 1.165) is 0 Å². The van der Waals surface area contributed by atoms with Crippen molar-refractivity contribution in [3.05, 3.63) is 24.5 Å². The van der Waals surface area contributed by atoms with Gasteiger partial charge in [-0.3, -0.25) is 0 Å². The summed E-state index contributed by atoms with van der Waals surface area (Å²) in [5.41, 5.74) is 6.16. The molecule has 94 valence electrons. The van der Waals surface area contributed by atoms with Crippen LogP contribution in [-0.2, 0) is 0 Å². The lowest BCUT2D eigenvalue weighted by Gasteiger charge is -2.11. The number of nitrogens with one attached hydrogen (secondary N) is 1. The van der Waals surface area contributed by atoms with Crippen LogP contribution >= 0.6 is 0 Å². The van der Waals surface area contributed by atoms with Crippen LogP contribution in [0.4, 0.5) is 17.6 Å². The third kappa shape index (κ3) is 2.57. The number of anilines is 3. The molecule has 0 fully saturated rings. The van der Waals surface area contributed by atoms with Crippen LogP contribution < -0.4 is 20.5 Å². The normalized spacial score (nSPS) is 9.89. The van der Waals surface area contributed by atoms with Crippen molar-refractivity contribution in [3.63, 3.8) is 0 Å². The van der Waals surface area contributed by atoms with Crippen LogP contribution in [0.25, 0.3) is 0 Å². The van der Waals surface area contributed by atoms with Crippen LogP contribution in [0.1, 0.15) is 0 Å². The molecule has 3 N–H and O–H groups in total. The second-order valence-corrected chi connectivity index (χ2v) is 3.36. The van der Waals surface area contributed by atoms with Crippen molar-refractivity contribution in [2.24, 2.45) is 0 Å². The number of nitrogens with zero attached hydrogens (tertiary/aromatic N) is 3. The number of benzene rings is 1. The molecular weight excluding hydrogens is 234 g/mol. The van der Waals surface area contributed by atoms with E-state index in [9.17, 15) is 0 Å². The number of nitrogens with two attached hydrogens (primary N) is 1. The molecule has 0 aliphatic rings. The van der Waals surface area contributed by atoms with Crippen LogP contribution in [0.5, 0.6) is 11.5 Å². The highest BCUT2D eigenvalue weighted by atomic mass is 16.5. The monoisotopic (exact) mass is 247 g/mol. The van der Waals surface area contributed by atoms with Crippen LogP contribution in [0.15, 0.2) is 24.5 Å². The molecule has 0 bridgehead atoms. The average molecular weight is 247 g/mol. The first-order valence-electron chi connectivity index (χ1n) is 5.16. The van der Waals surface area contributed by atoms with E-state index in [0.29, 0.717) is 23.1 Å². The molecule has 0 atom stereocenters. The van der Waals surface area contributed by atoms with Crippen molar-refractivity contribution in [2.75, 3.05) is 25.3 Å². The fourth-order valence-corrected chi connectivity index (χ4v) is 1.40. The molecule has 0 aliphatic carbocycles. The zero-order valence-corrected chi connectivity index (χ0v) is 10.0. The molecular formula is C11H13N5O2. The Balaban J connectivity index is 2.32. The summed E-state index contributed by atoms with van der Waals surface area (Å²) >= 11 is 0. The summed E-state index contributed by atoms with van der Waals surface area (Å²) in [5, 5.41) is 2.99. The molecule has 18 heavy (non-hydrogen) atoms. The molecule has 0 radical (unpaired) electrons. The van der Waals surface area contributed by atoms with Gasteiger partial charge in [0.15, 0.2) is 0 Å². The van der Waals surface area contributed by atoms with Crippen LogP contribution in [-0.4, -0.2) is 29.2 Å². The van der Waals surface area contributed by atoms with Gasteiger partial charge in [-0.1, -0.05) is 0 Å². The standard InChI is InChI=1S/C11H13N5O2/c1-17-7-3-4-9(18-2)8(5-7)15-11-14-6-13-10(12)16-11/h3-6H,1-2H3,(H3,12,13,14,15,16). The number of methoxy groups -OCH3 is 2. The summed E-state index contributed by atoms with van der Waals surface area (Å²) in [7, 11) is 3.17. The predicted molar refractivity (Wildman–Crippen MR) is 67.1 cm³/mol. The van der Waals surface area contributed by atoms with E-state index in [1.54, 1.807) is 32.4 Å². The SMILES string of the molecule is COc1ccc(OC)c(Nc2ncnc(N)n2)c1. The third-order valence-electron chi connectivity index (χ3n) is 2.24. The van der Waals surface area contributed by atoms with E-state index in [4.69, 9.17) is 15.2 Å². The molecule has 0 saturated heterocycles. The number of rotatable bonds is 4. The Morgan fingerprint density at radius 3 is 2.67 bits per heavy atom. The highest BCUT2D eigenvalue weighted by Gasteiger charge is 2.07. The number of nitrogen functional groups attached to an aromatic ring is 1. The molecule has 1 heterocycles. The fraction of sp³-hybridized carbons (Fsp3) is 0.182. The number of hydrogen-bond acceptors (Lipinski definition) is 7. The fourth-order valence-electron chi connectivity index (χ4n) is 1.40. The summed E-state index contributed by atoms with van der Waals surface area (Å²) in [6.45, 7) is 0. The summed E-state index contributed by atoms with van der Waals surface area (Å²) < 4.78 is 10.4. The number of aromatic nitrogens is 3. The maximum Gasteiger partial charge on any atom is 0.232 e. The van der Waals surface area contributed by atoms with Crippen molar-refractivity contribution in [1.29, 1.82) is 0 Å². The summed E-state index contributed by atoms with van der Waals surface area (Å²) in [5.74, 6) is 1.83. The molecule has 0 spiro atoms. The molecule has 0 unspecified atom stereocenters. The van der Waals surface area contributed by atoms with E-state index in [-0.39, 0.29) is 5.95 Å². The van der Waals surface area contributed by atoms with Gasteiger partial charge in [-0.2, -0.15) is 4.98 Å². The van der Waals surface area contributed by atoms with Gasteiger partial charge in [-0.05, 0) is 12.1 Å². The molecule has 1 aromatic carbocycles. The van der Waals surface area contributed by atoms with E-state index < -0.39 is 0 Å². The van der Waals surface area contributed by atoms with Gasteiger partial charge in [0.05, 0.1) is 19.9 Å². The van der Waals surface area contributed by atoms with Gasteiger partial charge in [-0.15, -0.1) is 0 Å². The highest BCUT2D eigenvalue weighted by molar-refractivity contribution is 5.65. The van der Waals surface area contributed by atoms with E-state index in [2.05, 4.69) is 20.3 Å². The van der Waals surface area contributed by atoms with Gasteiger partial charge in [0.25, 0.3) is 0 Å². The minimum Gasteiger partial charge on any atom is -0.497 e. The van der Waals surface area contributed by atoms with Gasteiger partial charge < -0.3 is 20.5 Å². The molecule has 2 aromatic rings. The van der Waals surface area contributed by atoms with E-state index >= 15 is 0 Å². The first-order valence-corrected chi connectivity index (χ1v) is 5.16. The zero-order valence-electron chi connectivity index (χ0n) is 10.0. The summed E-state index contributed by atoms with van der Waals surface area (Å²) in [6.07, 6.45) is 1.33. The van der Waals surface area contributed by atoms with Crippen LogP contribution in [0, 0.1) is 0 Å². The highest BCUT2D eigenvalue weighted by Crippen LogP contribution is 2.30. The lowest BCUT2D eigenvalue weighted by molar-refractivity contribution is 0.405. The second-order valence-electron chi connectivity index (χ2n) is 3.36. The van der Waals surface area contributed by atoms with Gasteiger partial charge in [0.1, 0.15) is 17.8 Å². The Bertz CT molecular complexity index is 547. The molecule has 7 nitrogen and oxygen atoms in total. The van der Waals surface area contributed by atoms with Gasteiger partial charge in [0, 0.05) is 6.07 Å². The molecule has 2 rings (SSSR count). The topological polar surface area (TPSA) is 95.2 Å². The van der Waals surface area contributed by atoms with Crippen molar-refractivity contribution >= 4 is 17.6 Å². The van der Waals surface area contributed by atoms with Crippen LogP contribution in [0.3, 0.4) is 0 Å². The first-order chi connectivity index (χ1) is 8.72. The molecule has 0 saturated carbocycles. The summed E-state index contributed by atoms with van der Waals surface area (Å²) in [4.78, 5) is 11.6. The average Bonchev–Trinajstić information content (AvgIpc) is 2.38. The molecule has 7 heteroatoms. The Hall–Kier alpha value is -2.57. The predicted octanol–water partition coefficient (Wildman–Crippen LogP) is 1.21. The van der Waals surface area contributed by atoms with Crippen molar-refractivity contribution < 1.29 is 9.47 Å². The largest absolute Gasteiger partial charge is 0.497 e. The summed E-state index contributed by atoms with van der Waals surface area (Å²) in [6, 6.07) is 5.36. The zero-order chi connectivity index (χ0) is 13.0. The van der Waals surface area contributed by atoms with Crippen molar-refractivity contribution in [3.8, 4) is 11.5 Å². The minimum atomic E-state index is 0.148. The lowest BCUT2D eigenvalue weighted by Crippen LogP contribution is -2.03. The van der Waals surface area contributed by atoms with E-state index in [1.165, 1.54) is 6.33 Å². The third-order valence-corrected chi connectivity index (χ3v) is 2.24. The molecule has 0 amide bonds. The van der Waals surface area contributed by atoms with Crippen LogP contribution in [0.2, 0.25) is 0 Å².